The predicted octanol–water partition coefficient (Wildman–Crippen LogP) is 3.95. The number of nitrogens with zero attached hydrogens (tertiary/aromatic N) is 4. The minimum absolute atomic E-state index is 0.0372. The van der Waals surface area contributed by atoms with Gasteiger partial charge in [-0.3, -0.25) is 4.79 Å². The van der Waals surface area contributed by atoms with Crippen LogP contribution >= 0.6 is 22.6 Å². The Kier molecular flexibility index (Phi) is 7.05. The van der Waals surface area contributed by atoms with Gasteiger partial charge in [0.15, 0.2) is 0 Å². The molecule has 172 valence electrons. The molecule has 1 aromatic heterocycles. The van der Waals surface area contributed by atoms with Gasteiger partial charge in [0.2, 0.25) is 5.91 Å². The highest BCUT2D eigenvalue weighted by molar-refractivity contribution is 14.1. The average molecular weight is 547 g/mol. The number of carbonyl (C=O) groups excluding carboxylic acids is 1. The summed E-state index contributed by atoms with van der Waals surface area (Å²) in [5, 5.41) is 3.55. The van der Waals surface area contributed by atoms with Crippen LogP contribution in [-0.2, 0) is 11.2 Å². The third kappa shape index (κ3) is 5.25. The van der Waals surface area contributed by atoms with Gasteiger partial charge in [-0.25, -0.2) is 9.97 Å². The maximum Gasteiger partial charge on any atom is 0.231 e. The Bertz CT molecular complexity index is 948. The van der Waals surface area contributed by atoms with E-state index in [9.17, 15) is 4.79 Å². The lowest BCUT2D eigenvalue weighted by Crippen LogP contribution is -2.52. The zero-order valence-corrected chi connectivity index (χ0v) is 21.7. The number of nitrogens with one attached hydrogen (secondary N) is 1. The van der Waals surface area contributed by atoms with Gasteiger partial charge < -0.3 is 15.1 Å². The van der Waals surface area contributed by atoms with Crippen molar-refractivity contribution in [3.8, 4) is 0 Å². The van der Waals surface area contributed by atoms with Gasteiger partial charge in [-0.15, -0.1) is 0 Å². The zero-order chi connectivity index (χ0) is 22.9. The van der Waals surface area contributed by atoms with Crippen LogP contribution in [0.2, 0.25) is 0 Å². The lowest BCUT2D eigenvalue weighted by molar-refractivity contribution is -0.133. The lowest BCUT2D eigenvalue weighted by atomic mass is 9.95. The first-order valence-electron chi connectivity index (χ1n) is 11.6. The average Bonchev–Trinajstić information content (AvgIpc) is 3.15. The number of aryl methyl sites for hydroxylation is 1. The van der Waals surface area contributed by atoms with Gasteiger partial charge in [-0.1, -0.05) is 19.1 Å². The normalized spacial score (nSPS) is 19.7. The first-order chi connectivity index (χ1) is 15.2. The molecule has 1 saturated heterocycles. The van der Waals surface area contributed by atoms with Crippen molar-refractivity contribution in [2.75, 3.05) is 37.6 Å². The summed E-state index contributed by atoms with van der Waals surface area (Å²) < 4.78 is 1.18. The van der Waals surface area contributed by atoms with Crippen molar-refractivity contribution in [1.29, 1.82) is 0 Å². The molecule has 1 aliphatic carbocycles. The molecule has 0 spiro atoms. The Morgan fingerprint density at radius 1 is 1.16 bits per heavy atom. The summed E-state index contributed by atoms with van der Waals surface area (Å²) in [6, 6.07) is 8.36. The molecule has 2 aliphatic rings. The molecule has 0 radical (unpaired) electrons. The molecule has 4 rings (SSSR count). The van der Waals surface area contributed by atoms with E-state index in [-0.39, 0.29) is 17.4 Å². The fraction of sp³-hybridized carbons (Fsp3) is 0.560. The second-order valence-electron chi connectivity index (χ2n) is 10.0. The van der Waals surface area contributed by atoms with Crippen molar-refractivity contribution in [2.45, 2.75) is 57.9 Å². The molecule has 6 nitrogen and oxygen atoms in total. The van der Waals surface area contributed by atoms with Crippen LogP contribution in [0.15, 0.2) is 30.6 Å². The van der Waals surface area contributed by atoms with E-state index < -0.39 is 0 Å². The van der Waals surface area contributed by atoms with Crippen molar-refractivity contribution in [3.63, 3.8) is 0 Å². The predicted molar refractivity (Wildman–Crippen MR) is 137 cm³/mol. The van der Waals surface area contributed by atoms with E-state index >= 15 is 0 Å². The molecular formula is C25H34IN5O. The number of hydrogen-bond acceptors (Lipinski definition) is 5. The van der Waals surface area contributed by atoms with Crippen molar-refractivity contribution in [1.82, 2.24) is 20.2 Å². The van der Waals surface area contributed by atoms with Gasteiger partial charge in [-0.05, 0) is 79.8 Å². The van der Waals surface area contributed by atoms with Gasteiger partial charge in [-0.2, -0.15) is 0 Å². The molecule has 1 amide bonds. The Morgan fingerprint density at radius 3 is 2.50 bits per heavy atom. The number of piperazine rings is 1. The fourth-order valence-electron chi connectivity index (χ4n) is 4.69. The first kappa shape index (κ1) is 23.4. The Labute approximate surface area is 205 Å². The molecule has 1 aliphatic heterocycles. The van der Waals surface area contributed by atoms with E-state index in [0.717, 1.165) is 50.4 Å². The number of halogens is 1. The molecule has 1 aromatic carbocycles. The van der Waals surface area contributed by atoms with Crippen LogP contribution < -0.4 is 10.2 Å². The second kappa shape index (κ2) is 9.63. The number of carbonyl (C=O) groups is 1. The molecule has 2 aromatic rings. The smallest absolute Gasteiger partial charge is 0.231 e. The molecule has 0 bridgehead atoms. The first-order valence-corrected chi connectivity index (χ1v) is 12.7. The lowest BCUT2D eigenvalue weighted by Gasteiger charge is -2.38. The monoisotopic (exact) mass is 547 g/mol. The van der Waals surface area contributed by atoms with Crippen molar-refractivity contribution < 1.29 is 4.79 Å². The largest absolute Gasteiger partial charge is 0.353 e. The third-order valence-corrected chi connectivity index (χ3v) is 7.27. The quantitative estimate of drug-likeness (QED) is 0.575. The molecule has 2 atom stereocenters. The van der Waals surface area contributed by atoms with Crippen LogP contribution in [-0.4, -0.2) is 59.0 Å². The topological polar surface area (TPSA) is 61.4 Å². The van der Waals surface area contributed by atoms with Gasteiger partial charge >= 0.3 is 0 Å². The summed E-state index contributed by atoms with van der Waals surface area (Å²) in [7, 11) is 0. The minimum atomic E-state index is -0.180. The summed E-state index contributed by atoms with van der Waals surface area (Å²) in [4.78, 5) is 27.1. The van der Waals surface area contributed by atoms with Gasteiger partial charge in [0.05, 0.1) is 5.92 Å². The highest BCUT2D eigenvalue weighted by Gasteiger charge is 2.32. The number of hydrogen-bond donors (Lipinski definition) is 1. The Morgan fingerprint density at radius 2 is 1.84 bits per heavy atom. The maximum atomic E-state index is 13.6. The number of benzene rings is 1. The highest BCUT2D eigenvalue weighted by atomic mass is 127. The van der Waals surface area contributed by atoms with Crippen LogP contribution in [0.25, 0.3) is 0 Å². The van der Waals surface area contributed by atoms with E-state index in [1.54, 1.807) is 6.33 Å². The summed E-state index contributed by atoms with van der Waals surface area (Å²) >= 11 is 2.31. The summed E-state index contributed by atoms with van der Waals surface area (Å²) in [6.07, 6.45) is 3.90. The van der Waals surface area contributed by atoms with E-state index in [1.807, 2.05) is 4.90 Å². The highest BCUT2D eigenvalue weighted by Crippen LogP contribution is 2.37. The Balaban J connectivity index is 1.47. The molecule has 7 heteroatoms. The molecule has 32 heavy (non-hydrogen) atoms. The van der Waals surface area contributed by atoms with Crippen LogP contribution in [0.1, 0.15) is 62.8 Å². The van der Waals surface area contributed by atoms with Gasteiger partial charge in [0, 0.05) is 53.1 Å². The number of fused-ring (bicyclic) bond motifs is 1. The van der Waals surface area contributed by atoms with Crippen LogP contribution in [0, 0.1) is 3.57 Å². The fourth-order valence-corrected chi connectivity index (χ4v) is 5.04. The number of rotatable bonds is 5. The second-order valence-corrected chi connectivity index (χ2v) is 11.3. The number of anilines is 1. The van der Waals surface area contributed by atoms with Crippen LogP contribution in [0.3, 0.4) is 0 Å². The van der Waals surface area contributed by atoms with Crippen molar-refractivity contribution in [2.24, 2.45) is 0 Å². The molecule has 0 unspecified atom stereocenters. The number of amides is 1. The molecule has 2 heterocycles. The summed E-state index contributed by atoms with van der Waals surface area (Å²) in [5.41, 5.74) is 3.56. The molecule has 0 saturated carbocycles. The zero-order valence-electron chi connectivity index (χ0n) is 19.6. The molecule has 1 N–H and O–H groups in total. The van der Waals surface area contributed by atoms with Gasteiger partial charge in [0.25, 0.3) is 0 Å². The van der Waals surface area contributed by atoms with Gasteiger partial charge in [0.1, 0.15) is 12.1 Å². The third-order valence-electron chi connectivity index (χ3n) is 6.55. The molecule has 1 fully saturated rings. The Hall–Kier alpha value is -1.74. The van der Waals surface area contributed by atoms with E-state index in [2.05, 4.69) is 94.7 Å². The van der Waals surface area contributed by atoms with Crippen molar-refractivity contribution in [3.05, 3.63) is 51.0 Å². The van der Waals surface area contributed by atoms with E-state index in [1.165, 1.54) is 14.8 Å². The van der Waals surface area contributed by atoms with Crippen molar-refractivity contribution >= 4 is 34.3 Å². The van der Waals surface area contributed by atoms with E-state index in [4.69, 9.17) is 0 Å². The standard InChI is InChI=1S/C25H34IN5O/c1-17-5-10-21-22(17)23(28-16-27-21)30-11-13-31(14-12-30)24(32)20(15-29-25(2,3)4)18-6-8-19(26)9-7-18/h6-9,16-17,20,29H,5,10-15H2,1-4H3/t17-,20+/m1/s1. The van der Waals surface area contributed by atoms with Crippen LogP contribution in [0.4, 0.5) is 5.82 Å². The number of aromatic nitrogens is 2. The minimum Gasteiger partial charge on any atom is -0.353 e. The SMILES string of the molecule is C[C@@H]1CCc2ncnc(N3CCN(C(=O)[C@@H](CNC(C)(C)C)c4ccc(I)cc4)CC3)c21. The maximum absolute atomic E-state index is 13.6. The summed E-state index contributed by atoms with van der Waals surface area (Å²) in [6.45, 7) is 12.4. The van der Waals surface area contributed by atoms with Crippen LogP contribution in [0.5, 0.6) is 0 Å². The van der Waals surface area contributed by atoms with E-state index in [0.29, 0.717) is 12.5 Å². The summed E-state index contributed by atoms with van der Waals surface area (Å²) in [5.74, 6) is 1.62. The molecular weight excluding hydrogens is 513 g/mol.